The van der Waals surface area contributed by atoms with E-state index < -0.39 is 6.03 Å². The minimum atomic E-state index is -0.639. The first-order chi connectivity index (χ1) is 13.0. The predicted molar refractivity (Wildman–Crippen MR) is 104 cm³/mol. The molecule has 0 spiro atoms. The summed E-state index contributed by atoms with van der Waals surface area (Å²) in [5, 5.41) is 0.802. The van der Waals surface area contributed by atoms with Crippen molar-refractivity contribution < 1.29 is 19.0 Å². The topological polar surface area (TPSA) is 86.9 Å². The maximum atomic E-state index is 12.4. The molecule has 140 valence electrons. The molecule has 0 fully saturated rings. The smallest absolute Gasteiger partial charge is 0.323 e. The largest absolute Gasteiger partial charge is 0.493 e. The fourth-order valence-electron chi connectivity index (χ4n) is 3.05. The Balaban J connectivity index is 2.29. The highest BCUT2D eigenvalue weighted by Crippen LogP contribution is 2.43. The number of hydrogen-bond acceptors (Lipinski definition) is 5. The van der Waals surface area contributed by atoms with Gasteiger partial charge in [-0.1, -0.05) is 18.2 Å². The van der Waals surface area contributed by atoms with E-state index in [0.717, 1.165) is 16.6 Å². The molecule has 27 heavy (non-hydrogen) atoms. The number of benzene rings is 2. The van der Waals surface area contributed by atoms with Gasteiger partial charge in [-0.25, -0.2) is 4.79 Å². The number of aromatic nitrogens is 1. The predicted octanol–water partition coefficient (Wildman–Crippen LogP) is 3.79. The number of nitrogens with two attached hydrogens (primary N) is 1. The number of pyridine rings is 1. The minimum Gasteiger partial charge on any atom is -0.493 e. The summed E-state index contributed by atoms with van der Waals surface area (Å²) in [4.78, 5) is 18.3. The van der Waals surface area contributed by atoms with E-state index >= 15 is 0 Å². The number of ether oxygens (including phenoxy) is 3. The van der Waals surface area contributed by atoms with E-state index in [0.29, 0.717) is 28.6 Å². The van der Waals surface area contributed by atoms with Gasteiger partial charge in [-0.05, 0) is 19.1 Å². The zero-order chi connectivity index (χ0) is 19.6. The molecule has 0 unspecified atom stereocenters. The number of hydrogen-bond donors (Lipinski definition) is 1. The lowest BCUT2D eigenvalue weighted by Gasteiger charge is -2.24. The normalized spacial score (nSPS) is 10.5. The lowest BCUT2D eigenvalue weighted by atomic mass is 10.1. The average molecular weight is 367 g/mol. The number of methoxy groups -OCH3 is 3. The number of urea groups is 1. The van der Waals surface area contributed by atoms with Crippen molar-refractivity contribution in [2.24, 2.45) is 5.73 Å². The molecule has 7 nitrogen and oxygen atoms in total. The van der Waals surface area contributed by atoms with Crippen LogP contribution in [0.3, 0.4) is 0 Å². The fourth-order valence-corrected chi connectivity index (χ4v) is 3.05. The summed E-state index contributed by atoms with van der Waals surface area (Å²) >= 11 is 0. The molecule has 0 saturated heterocycles. The Hall–Kier alpha value is -3.48. The second kappa shape index (κ2) is 7.41. The van der Waals surface area contributed by atoms with Gasteiger partial charge in [0.1, 0.15) is 0 Å². The summed E-state index contributed by atoms with van der Waals surface area (Å²) in [6.07, 6.45) is 0. The van der Waals surface area contributed by atoms with Gasteiger partial charge in [0.25, 0.3) is 0 Å². The summed E-state index contributed by atoms with van der Waals surface area (Å²) in [5.41, 5.74) is 8.40. The van der Waals surface area contributed by atoms with Gasteiger partial charge in [-0.3, -0.25) is 9.88 Å². The van der Waals surface area contributed by atoms with Gasteiger partial charge >= 0.3 is 6.03 Å². The van der Waals surface area contributed by atoms with E-state index in [4.69, 9.17) is 19.9 Å². The summed E-state index contributed by atoms with van der Waals surface area (Å²) in [6, 6.07) is 12.1. The molecule has 2 aromatic carbocycles. The maximum Gasteiger partial charge on any atom is 0.323 e. The first-order valence-electron chi connectivity index (χ1n) is 8.26. The van der Waals surface area contributed by atoms with Gasteiger partial charge in [-0.15, -0.1) is 0 Å². The van der Waals surface area contributed by atoms with Crippen molar-refractivity contribution >= 4 is 28.3 Å². The Bertz CT molecular complexity index is 979. The van der Waals surface area contributed by atoms with Crippen LogP contribution in [0.2, 0.25) is 0 Å². The van der Waals surface area contributed by atoms with Crippen molar-refractivity contribution in [3.05, 3.63) is 48.2 Å². The molecule has 1 aromatic heterocycles. The van der Waals surface area contributed by atoms with Crippen LogP contribution in [-0.4, -0.2) is 32.3 Å². The van der Waals surface area contributed by atoms with Crippen LogP contribution in [0.4, 0.5) is 16.2 Å². The van der Waals surface area contributed by atoms with Crippen LogP contribution in [-0.2, 0) is 0 Å². The lowest BCUT2D eigenvalue weighted by Crippen LogP contribution is -2.31. The van der Waals surface area contributed by atoms with Crippen LogP contribution in [0.1, 0.15) is 5.69 Å². The Morgan fingerprint density at radius 1 is 1.00 bits per heavy atom. The van der Waals surface area contributed by atoms with Crippen LogP contribution in [0, 0.1) is 6.92 Å². The van der Waals surface area contributed by atoms with Gasteiger partial charge in [0.15, 0.2) is 11.5 Å². The third-order valence-corrected chi connectivity index (χ3v) is 4.19. The Morgan fingerprint density at radius 2 is 1.63 bits per heavy atom. The second-order valence-corrected chi connectivity index (χ2v) is 5.86. The van der Waals surface area contributed by atoms with E-state index in [1.807, 2.05) is 37.3 Å². The highest BCUT2D eigenvalue weighted by Gasteiger charge is 2.23. The Morgan fingerprint density at radius 3 is 2.19 bits per heavy atom. The van der Waals surface area contributed by atoms with E-state index in [9.17, 15) is 4.79 Å². The standard InChI is InChI=1S/C20H21N3O4/c1-12-9-16(14-7-5-6-8-15(14)22-12)23(20(21)24)13-10-17(25-2)19(27-4)18(11-13)26-3/h5-11H,1-4H3,(H2,21,24). The molecule has 0 atom stereocenters. The average Bonchev–Trinajstić information content (AvgIpc) is 2.66. The molecule has 0 aliphatic rings. The SMILES string of the molecule is COc1cc(N(C(N)=O)c2cc(C)nc3ccccc23)cc(OC)c1OC. The highest BCUT2D eigenvalue weighted by molar-refractivity contribution is 6.06. The molecule has 3 aromatic rings. The van der Waals surface area contributed by atoms with Crippen molar-refractivity contribution in [2.45, 2.75) is 6.92 Å². The molecule has 2 amide bonds. The molecule has 7 heteroatoms. The van der Waals surface area contributed by atoms with Gasteiger partial charge in [0.05, 0.1) is 38.2 Å². The quantitative estimate of drug-likeness (QED) is 0.741. The van der Waals surface area contributed by atoms with Crippen molar-refractivity contribution in [2.75, 3.05) is 26.2 Å². The van der Waals surface area contributed by atoms with Crippen molar-refractivity contribution in [1.29, 1.82) is 0 Å². The van der Waals surface area contributed by atoms with E-state index in [1.54, 1.807) is 12.1 Å². The van der Waals surface area contributed by atoms with E-state index in [1.165, 1.54) is 26.2 Å². The Kier molecular flexibility index (Phi) is 5.03. The molecule has 0 aliphatic carbocycles. The van der Waals surface area contributed by atoms with Crippen LogP contribution in [0.25, 0.3) is 10.9 Å². The van der Waals surface area contributed by atoms with Crippen LogP contribution in [0.5, 0.6) is 17.2 Å². The van der Waals surface area contributed by atoms with Gasteiger partial charge in [-0.2, -0.15) is 0 Å². The summed E-state index contributed by atoms with van der Waals surface area (Å²) in [5.74, 6) is 1.28. The molecule has 0 saturated carbocycles. The zero-order valence-electron chi connectivity index (χ0n) is 15.6. The number of nitrogens with zero attached hydrogens (tertiary/aromatic N) is 2. The third-order valence-electron chi connectivity index (χ3n) is 4.19. The number of fused-ring (bicyclic) bond motifs is 1. The number of anilines is 2. The number of rotatable bonds is 5. The molecule has 1 heterocycles. The highest BCUT2D eigenvalue weighted by atomic mass is 16.5. The number of carbonyl (C=O) groups excluding carboxylic acids is 1. The van der Waals surface area contributed by atoms with Crippen molar-refractivity contribution in [3.8, 4) is 17.2 Å². The van der Waals surface area contributed by atoms with Crippen LogP contribution in [0.15, 0.2) is 42.5 Å². The molecule has 0 bridgehead atoms. The van der Waals surface area contributed by atoms with Crippen molar-refractivity contribution in [1.82, 2.24) is 4.98 Å². The Labute approximate surface area is 157 Å². The molecule has 3 rings (SSSR count). The van der Waals surface area contributed by atoms with E-state index in [-0.39, 0.29) is 0 Å². The van der Waals surface area contributed by atoms with Gasteiger partial charge in [0, 0.05) is 23.2 Å². The van der Waals surface area contributed by atoms with Crippen molar-refractivity contribution in [3.63, 3.8) is 0 Å². The fraction of sp³-hybridized carbons (Fsp3) is 0.200. The first kappa shape index (κ1) is 18.3. The van der Waals surface area contributed by atoms with Gasteiger partial charge < -0.3 is 19.9 Å². The van der Waals surface area contributed by atoms with Crippen LogP contribution < -0.4 is 24.8 Å². The molecule has 0 aliphatic heterocycles. The van der Waals surface area contributed by atoms with Crippen LogP contribution >= 0.6 is 0 Å². The third kappa shape index (κ3) is 3.31. The monoisotopic (exact) mass is 367 g/mol. The first-order valence-corrected chi connectivity index (χ1v) is 8.26. The number of primary amides is 1. The van der Waals surface area contributed by atoms with Gasteiger partial charge in [0.2, 0.25) is 5.75 Å². The molecular weight excluding hydrogens is 346 g/mol. The maximum absolute atomic E-state index is 12.4. The number of amides is 2. The number of aryl methyl sites for hydroxylation is 1. The number of carbonyl (C=O) groups is 1. The zero-order valence-corrected chi connectivity index (χ0v) is 15.6. The summed E-state index contributed by atoms with van der Waals surface area (Å²) < 4.78 is 16.2. The lowest BCUT2D eigenvalue weighted by molar-refractivity contribution is 0.256. The molecular formula is C20H21N3O4. The second-order valence-electron chi connectivity index (χ2n) is 5.86. The molecule has 2 N–H and O–H groups in total. The summed E-state index contributed by atoms with van der Waals surface area (Å²) in [7, 11) is 4.55. The summed E-state index contributed by atoms with van der Waals surface area (Å²) in [6.45, 7) is 1.87. The minimum absolute atomic E-state index is 0.424. The van der Waals surface area contributed by atoms with E-state index in [2.05, 4.69) is 4.98 Å². The molecule has 0 radical (unpaired) electrons. The number of para-hydroxylation sites is 1.